The van der Waals surface area contributed by atoms with E-state index < -0.39 is 0 Å². The molecule has 0 aliphatic heterocycles. The highest BCUT2D eigenvalue weighted by Crippen LogP contribution is 2.22. The number of nitrogens with one attached hydrogen (secondary N) is 1. The third kappa shape index (κ3) is 2.74. The summed E-state index contributed by atoms with van der Waals surface area (Å²) in [6.07, 6.45) is 5.49. The fourth-order valence-electron chi connectivity index (χ4n) is 1.97. The number of nitrogens with zero attached hydrogens (tertiary/aromatic N) is 2. The Morgan fingerprint density at radius 3 is 2.84 bits per heavy atom. The minimum Gasteiger partial charge on any atom is -0.379 e. The lowest BCUT2D eigenvalue weighted by atomic mass is 10.1. The molecule has 19 heavy (non-hydrogen) atoms. The lowest BCUT2D eigenvalue weighted by Gasteiger charge is -2.09. The molecule has 0 radical (unpaired) electrons. The number of hydrogen-bond donors (Lipinski definition) is 1. The molecule has 3 rings (SSSR count). The van der Waals surface area contributed by atoms with E-state index in [1.807, 2.05) is 42.9 Å². The molecule has 2 heterocycles. The molecule has 0 unspecified atom stereocenters. The molecule has 0 saturated heterocycles. The number of halogens is 1. The summed E-state index contributed by atoms with van der Waals surface area (Å²) in [5.41, 5.74) is 2.11. The summed E-state index contributed by atoms with van der Waals surface area (Å²) in [5.74, 6) is 0. The Morgan fingerprint density at radius 2 is 2.00 bits per heavy atom. The fraction of sp³-hybridized carbons (Fsp3) is 0.0667. The Bertz CT molecular complexity index is 690. The number of aromatic nitrogens is 2. The lowest BCUT2D eigenvalue weighted by molar-refractivity contribution is 1.04. The predicted molar refractivity (Wildman–Crippen MR) is 81.0 cm³/mol. The van der Waals surface area contributed by atoms with E-state index in [9.17, 15) is 0 Å². The van der Waals surface area contributed by atoms with Gasteiger partial charge in [0.15, 0.2) is 0 Å². The molecular formula is C15H12BrN3. The fourth-order valence-corrected chi connectivity index (χ4v) is 2.21. The minimum absolute atomic E-state index is 0.703. The van der Waals surface area contributed by atoms with Gasteiger partial charge in [-0.15, -0.1) is 0 Å². The highest BCUT2D eigenvalue weighted by atomic mass is 79.9. The number of fused-ring (bicyclic) bond motifs is 1. The van der Waals surface area contributed by atoms with E-state index in [1.54, 1.807) is 0 Å². The van der Waals surface area contributed by atoms with Crippen LogP contribution in [-0.2, 0) is 6.54 Å². The minimum atomic E-state index is 0.703. The molecule has 0 aliphatic carbocycles. The number of rotatable bonds is 3. The van der Waals surface area contributed by atoms with Crippen molar-refractivity contribution in [3.8, 4) is 0 Å². The second-order valence-electron chi connectivity index (χ2n) is 4.22. The summed E-state index contributed by atoms with van der Waals surface area (Å²) in [6, 6.07) is 12.2. The first-order chi connectivity index (χ1) is 9.33. The molecule has 0 bridgehead atoms. The third-order valence-electron chi connectivity index (χ3n) is 2.93. The average molecular weight is 314 g/mol. The van der Waals surface area contributed by atoms with Crippen LogP contribution in [-0.4, -0.2) is 9.97 Å². The quantitative estimate of drug-likeness (QED) is 0.794. The molecule has 3 aromatic rings. The van der Waals surface area contributed by atoms with Gasteiger partial charge in [0.25, 0.3) is 0 Å². The standard InChI is InChI=1S/C15H12BrN3/c16-12-4-5-13(18-9-12)10-19-15-3-1-2-11-8-17-7-6-14(11)15/h1-9,19H,10H2. The van der Waals surface area contributed by atoms with Gasteiger partial charge in [0, 0.05) is 39.5 Å². The Morgan fingerprint density at radius 1 is 1.05 bits per heavy atom. The molecule has 3 nitrogen and oxygen atoms in total. The van der Waals surface area contributed by atoms with Gasteiger partial charge in [-0.1, -0.05) is 12.1 Å². The number of pyridine rings is 2. The van der Waals surface area contributed by atoms with Gasteiger partial charge in [0.1, 0.15) is 0 Å². The van der Waals surface area contributed by atoms with E-state index in [0.29, 0.717) is 6.54 Å². The van der Waals surface area contributed by atoms with Crippen LogP contribution in [0.25, 0.3) is 10.8 Å². The highest BCUT2D eigenvalue weighted by molar-refractivity contribution is 9.10. The van der Waals surface area contributed by atoms with Crippen LogP contribution in [0.4, 0.5) is 5.69 Å². The summed E-state index contributed by atoms with van der Waals surface area (Å²) in [4.78, 5) is 8.49. The monoisotopic (exact) mass is 313 g/mol. The van der Waals surface area contributed by atoms with Crippen molar-refractivity contribution in [2.45, 2.75) is 6.54 Å². The molecule has 1 N–H and O–H groups in total. The maximum absolute atomic E-state index is 4.35. The first-order valence-corrected chi connectivity index (χ1v) is 6.79. The van der Waals surface area contributed by atoms with E-state index in [1.165, 1.54) is 5.39 Å². The van der Waals surface area contributed by atoms with Gasteiger partial charge >= 0.3 is 0 Å². The summed E-state index contributed by atoms with van der Waals surface area (Å²) in [7, 11) is 0. The van der Waals surface area contributed by atoms with E-state index in [4.69, 9.17) is 0 Å². The molecular weight excluding hydrogens is 302 g/mol. The van der Waals surface area contributed by atoms with E-state index in [-0.39, 0.29) is 0 Å². The van der Waals surface area contributed by atoms with Crippen molar-refractivity contribution in [1.82, 2.24) is 9.97 Å². The molecule has 94 valence electrons. The van der Waals surface area contributed by atoms with Crippen LogP contribution in [0.5, 0.6) is 0 Å². The average Bonchev–Trinajstić information content (AvgIpc) is 2.47. The van der Waals surface area contributed by atoms with Crippen molar-refractivity contribution in [2.24, 2.45) is 0 Å². The molecule has 0 aliphatic rings. The van der Waals surface area contributed by atoms with Gasteiger partial charge in [-0.25, -0.2) is 0 Å². The SMILES string of the molecule is Brc1ccc(CNc2cccc3cnccc23)nc1. The number of hydrogen-bond acceptors (Lipinski definition) is 3. The van der Waals surface area contributed by atoms with Crippen LogP contribution < -0.4 is 5.32 Å². The van der Waals surface area contributed by atoms with Crippen LogP contribution in [0, 0.1) is 0 Å². The Kier molecular flexibility index (Phi) is 3.42. The topological polar surface area (TPSA) is 37.8 Å². The van der Waals surface area contributed by atoms with Gasteiger partial charge in [-0.3, -0.25) is 9.97 Å². The predicted octanol–water partition coefficient (Wildman–Crippen LogP) is 4.00. The van der Waals surface area contributed by atoms with Crippen LogP contribution in [0.3, 0.4) is 0 Å². The first kappa shape index (κ1) is 12.1. The van der Waals surface area contributed by atoms with Crippen LogP contribution in [0.2, 0.25) is 0 Å². The van der Waals surface area contributed by atoms with Gasteiger partial charge < -0.3 is 5.32 Å². The summed E-state index contributed by atoms with van der Waals surface area (Å²) in [5, 5.41) is 5.73. The largest absolute Gasteiger partial charge is 0.379 e. The zero-order valence-electron chi connectivity index (χ0n) is 10.2. The molecule has 0 atom stereocenters. The van der Waals surface area contributed by atoms with Gasteiger partial charge in [-0.2, -0.15) is 0 Å². The van der Waals surface area contributed by atoms with Crippen molar-refractivity contribution < 1.29 is 0 Å². The normalized spacial score (nSPS) is 10.6. The highest BCUT2D eigenvalue weighted by Gasteiger charge is 2.00. The third-order valence-corrected chi connectivity index (χ3v) is 3.40. The van der Waals surface area contributed by atoms with E-state index in [0.717, 1.165) is 21.2 Å². The molecule has 0 spiro atoms. The first-order valence-electron chi connectivity index (χ1n) is 6.00. The zero-order valence-corrected chi connectivity index (χ0v) is 11.8. The smallest absolute Gasteiger partial charge is 0.0595 e. The zero-order chi connectivity index (χ0) is 13.1. The molecule has 1 aromatic carbocycles. The number of anilines is 1. The van der Waals surface area contributed by atoms with Gasteiger partial charge in [0.2, 0.25) is 0 Å². The molecule has 0 fully saturated rings. The van der Waals surface area contributed by atoms with Crippen molar-refractivity contribution >= 4 is 32.4 Å². The van der Waals surface area contributed by atoms with E-state index in [2.05, 4.69) is 43.3 Å². The maximum Gasteiger partial charge on any atom is 0.0595 e. The Labute approximate surface area is 119 Å². The van der Waals surface area contributed by atoms with Crippen LogP contribution >= 0.6 is 15.9 Å². The Balaban J connectivity index is 1.84. The van der Waals surface area contributed by atoms with Crippen molar-refractivity contribution in [2.75, 3.05) is 5.32 Å². The molecule has 2 aromatic heterocycles. The molecule has 0 saturated carbocycles. The Hall–Kier alpha value is -1.94. The maximum atomic E-state index is 4.35. The van der Waals surface area contributed by atoms with Crippen molar-refractivity contribution in [3.05, 3.63) is 65.2 Å². The summed E-state index contributed by atoms with van der Waals surface area (Å²) < 4.78 is 0.993. The van der Waals surface area contributed by atoms with Gasteiger partial charge in [-0.05, 0) is 40.2 Å². The molecule has 4 heteroatoms. The van der Waals surface area contributed by atoms with Crippen LogP contribution in [0.1, 0.15) is 5.69 Å². The van der Waals surface area contributed by atoms with Crippen LogP contribution in [0.15, 0.2) is 59.5 Å². The van der Waals surface area contributed by atoms with Gasteiger partial charge in [0.05, 0.1) is 12.2 Å². The lowest BCUT2D eigenvalue weighted by Crippen LogP contribution is -2.01. The molecule has 0 amide bonds. The summed E-state index contributed by atoms with van der Waals surface area (Å²) in [6.45, 7) is 0.703. The number of benzene rings is 1. The van der Waals surface area contributed by atoms with E-state index >= 15 is 0 Å². The summed E-state index contributed by atoms with van der Waals surface area (Å²) >= 11 is 3.38. The second kappa shape index (κ2) is 5.36. The second-order valence-corrected chi connectivity index (χ2v) is 5.14. The van der Waals surface area contributed by atoms with Crippen molar-refractivity contribution in [1.29, 1.82) is 0 Å². The van der Waals surface area contributed by atoms with Crippen molar-refractivity contribution in [3.63, 3.8) is 0 Å².